The van der Waals surface area contributed by atoms with E-state index in [0.717, 1.165) is 43.6 Å². The van der Waals surface area contributed by atoms with Gasteiger partial charge in [-0.15, -0.1) is 0 Å². The Morgan fingerprint density at radius 2 is 1.96 bits per heavy atom. The Hall–Kier alpha value is -1.54. The molecule has 4 rings (SSSR count). The molecule has 1 atom stereocenters. The highest BCUT2D eigenvalue weighted by Crippen LogP contribution is 2.35. The predicted molar refractivity (Wildman–Crippen MR) is 99.4 cm³/mol. The molecule has 26 heavy (non-hydrogen) atoms. The highest BCUT2D eigenvalue weighted by molar-refractivity contribution is 7.89. The summed E-state index contributed by atoms with van der Waals surface area (Å²) in [5, 5.41) is 0.518. The largest absolute Gasteiger partial charge is 0.302 e. The lowest BCUT2D eigenvalue weighted by molar-refractivity contribution is 0.306. The molecule has 6 nitrogen and oxygen atoms in total. The van der Waals surface area contributed by atoms with Gasteiger partial charge < -0.3 is 4.90 Å². The van der Waals surface area contributed by atoms with Gasteiger partial charge in [0.05, 0.1) is 10.9 Å². The van der Waals surface area contributed by atoms with Crippen LogP contribution in [0.1, 0.15) is 36.0 Å². The molecular weight excluding hydrogens is 372 g/mol. The zero-order valence-corrected chi connectivity index (χ0v) is 16.2. The number of hydrogen-bond donors (Lipinski definition) is 0. The summed E-state index contributed by atoms with van der Waals surface area (Å²) < 4.78 is 27.7. The lowest BCUT2D eigenvalue weighted by Gasteiger charge is -2.26. The molecule has 1 aromatic carbocycles. The molecule has 0 saturated carbocycles. The van der Waals surface area contributed by atoms with Crippen LogP contribution in [0.3, 0.4) is 0 Å². The van der Waals surface area contributed by atoms with Crippen molar-refractivity contribution in [1.82, 2.24) is 19.2 Å². The number of rotatable bonds is 3. The van der Waals surface area contributed by atoms with Crippen molar-refractivity contribution < 1.29 is 8.42 Å². The molecule has 8 heteroatoms. The minimum atomic E-state index is -3.60. The van der Waals surface area contributed by atoms with Crippen LogP contribution in [-0.2, 0) is 23.0 Å². The Morgan fingerprint density at radius 1 is 1.19 bits per heavy atom. The summed E-state index contributed by atoms with van der Waals surface area (Å²) in [6, 6.07) is 6.00. The first-order chi connectivity index (χ1) is 12.4. The number of benzene rings is 1. The van der Waals surface area contributed by atoms with Crippen molar-refractivity contribution in [1.29, 1.82) is 0 Å². The van der Waals surface area contributed by atoms with Crippen LogP contribution in [0.4, 0.5) is 0 Å². The quantitative estimate of drug-likeness (QED) is 0.803. The zero-order chi connectivity index (χ0) is 18.3. The van der Waals surface area contributed by atoms with Gasteiger partial charge >= 0.3 is 0 Å². The molecule has 0 N–H and O–H groups in total. The van der Waals surface area contributed by atoms with E-state index in [-0.39, 0.29) is 10.9 Å². The Labute approximate surface area is 158 Å². The van der Waals surface area contributed by atoms with E-state index in [1.54, 1.807) is 24.3 Å². The van der Waals surface area contributed by atoms with Crippen LogP contribution in [0, 0.1) is 0 Å². The molecule has 0 radical (unpaired) electrons. The molecule has 2 aliphatic rings. The van der Waals surface area contributed by atoms with Crippen LogP contribution in [0.15, 0.2) is 35.4 Å². The summed E-state index contributed by atoms with van der Waals surface area (Å²) in [5.41, 5.74) is 2.18. The van der Waals surface area contributed by atoms with E-state index >= 15 is 0 Å². The number of nitrogens with zero attached hydrogens (tertiary/aromatic N) is 4. The van der Waals surface area contributed by atoms with Gasteiger partial charge in [0, 0.05) is 48.5 Å². The molecule has 1 fully saturated rings. The molecule has 0 bridgehead atoms. The molecule has 1 aromatic heterocycles. The van der Waals surface area contributed by atoms with E-state index in [9.17, 15) is 8.42 Å². The van der Waals surface area contributed by atoms with E-state index in [2.05, 4.69) is 16.9 Å². The maximum atomic E-state index is 13.1. The van der Waals surface area contributed by atoms with E-state index in [0.29, 0.717) is 17.4 Å². The van der Waals surface area contributed by atoms with Crippen molar-refractivity contribution in [3.05, 3.63) is 52.6 Å². The minimum absolute atomic E-state index is 0.258. The number of hydrogen-bond acceptors (Lipinski definition) is 5. The van der Waals surface area contributed by atoms with E-state index < -0.39 is 10.0 Å². The molecule has 0 amide bonds. The minimum Gasteiger partial charge on any atom is -0.302 e. The van der Waals surface area contributed by atoms with E-state index in [1.807, 2.05) is 6.20 Å². The van der Waals surface area contributed by atoms with E-state index in [1.165, 1.54) is 4.31 Å². The topological polar surface area (TPSA) is 66.4 Å². The van der Waals surface area contributed by atoms with Gasteiger partial charge in [-0.3, -0.25) is 0 Å². The molecule has 138 valence electrons. The van der Waals surface area contributed by atoms with Gasteiger partial charge in [-0.2, -0.15) is 4.31 Å². The standard InChI is InChI=1S/C18H21ClN4O2S/c1-22-10-8-16-13(12-22)11-20-18(21-16)17-3-2-9-23(17)26(24,25)15-6-4-14(19)5-7-15/h4-7,11,17H,2-3,8-10,12H2,1H3/t17-/m0/s1. The maximum absolute atomic E-state index is 13.1. The second-order valence-corrected chi connectivity index (χ2v) is 9.24. The van der Waals surface area contributed by atoms with Gasteiger partial charge in [-0.05, 0) is 44.2 Å². The summed E-state index contributed by atoms with van der Waals surface area (Å²) in [6.45, 7) is 2.28. The van der Waals surface area contributed by atoms with Gasteiger partial charge in [-0.1, -0.05) is 11.6 Å². The lowest BCUT2D eigenvalue weighted by atomic mass is 10.1. The highest BCUT2D eigenvalue weighted by atomic mass is 35.5. The van der Waals surface area contributed by atoms with Gasteiger partial charge in [0.1, 0.15) is 5.82 Å². The summed E-state index contributed by atoms with van der Waals surface area (Å²) >= 11 is 5.89. The van der Waals surface area contributed by atoms with Crippen LogP contribution >= 0.6 is 11.6 Å². The number of halogens is 1. The fourth-order valence-corrected chi connectivity index (χ4v) is 5.44. The van der Waals surface area contributed by atoms with Gasteiger partial charge in [-0.25, -0.2) is 18.4 Å². The molecule has 2 aliphatic heterocycles. The first-order valence-corrected chi connectivity index (χ1v) is 10.6. The lowest BCUT2D eigenvalue weighted by Crippen LogP contribution is -2.33. The number of sulfonamides is 1. The van der Waals surface area contributed by atoms with Gasteiger partial charge in [0.15, 0.2) is 0 Å². The predicted octanol–water partition coefficient (Wildman–Crippen LogP) is 2.64. The smallest absolute Gasteiger partial charge is 0.243 e. The van der Waals surface area contributed by atoms with Crippen LogP contribution in [-0.4, -0.2) is 47.7 Å². The van der Waals surface area contributed by atoms with Crippen LogP contribution in [0.5, 0.6) is 0 Å². The van der Waals surface area contributed by atoms with Crippen LogP contribution < -0.4 is 0 Å². The van der Waals surface area contributed by atoms with Crippen LogP contribution in [0.2, 0.25) is 5.02 Å². The van der Waals surface area contributed by atoms with Gasteiger partial charge in [0.2, 0.25) is 10.0 Å². The van der Waals surface area contributed by atoms with Crippen molar-refractivity contribution in [2.24, 2.45) is 0 Å². The van der Waals surface area contributed by atoms with Crippen molar-refractivity contribution in [3.8, 4) is 0 Å². The Morgan fingerprint density at radius 3 is 2.73 bits per heavy atom. The Bertz CT molecular complexity index is 917. The van der Waals surface area contributed by atoms with E-state index in [4.69, 9.17) is 16.6 Å². The third-order valence-corrected chi connectivity index (χ3v) is 7.24. The number of fused-ring (bicyclic) bond motifs is 1. The van der Waals surface area contributed by atoms with Crippen molar-refractivity contribution in [3.63, 3.8) is 0 Å². The fourth-order valence-electron chi connectivity index (χ4n) is 3.66. The monoisotopic (exact) mass is 392 g/mol. The average Bonchev–Trinajstić information content (AvgIpc) is 3.12. The second kappa shape index (κ2) is 6.88. The molecular formula is C18H21ClN4O2S. The molecule has 0 spiro atoms. The first-order valence-electron chi connectivity index (χ1n) is 8.76. The summed E-state index contributed by atoms with van der Waals surface area (Å²) in [6.07, 6.45) is 4.28. The van der Waals surface area contributed by atoms with Crippen molar-refractivity contribution in [2.45, 2.75) is 36.7 Å². The summed E-state index contributed by atoms with van der Waals surface area (Å²) in [7, 11) is -1.52. The maximum Gasteiger partial charge on any atom is 0.243 e. The molecule has 3 heterocycles. The molecule has 1 saturated heterocycles. The molecule has 0 unspecified atom stereocenters. The van der Waals surface area contributed by atoms with Gasteiger partial charge in [0.25, 0.3) is 0 Å². The zero-order valence-electron chi connectivity index (χ0n) is 14.6. The number of aromatic nitrogens is 2. The third kappa shape index (κ3) is 3.24. The van der Waals surface area contributed by atoms with Crippen molar-refractivity contribution >= 4 is 21.6 Å². The number of likely N-dealkylation sites (N-methyl/N-ethyl adjacent to an activating group) is 1. The normalized spacial score (nSPS) is 21.7. The molecule has 2 aromatic rings. The average molecular weight is 393 g/mol. The highest BCUT2D eigenvalue weighted by Gasteiger charge is 2.38. The van der Waals surface area contributed by atoms with Crippen LogP contribution in [0.25, 0.3) is 0 Å². The second-order valence-electron chi connectivity index (χ2n) is 6.92. The summed E-state index contributed by atoms with van der Waals surface area (Å²) in [5.74, 6) is 0.614. The van der Waals surface area contributed by atoms with Crippen molar-refractivity contribution in [2.75, 3.05) is 20.1 Å². The molecule has 0 aliphatic carbocycles. The summed E-state index contributed by atoms with van der Waals surface area (Å²) in [4.78, 5) is 11.7. The Balaban J connectivity index is 1.66. The fraction of sp³-hybridized carbons (Fsp3) is 0.444. The first kappa shape index (κ1) is 17.9. The third-order valence-electron chi connectivity index (χ3n) is 5.07. The Kier molecular flexibility index (Phi) is 4.73. The SMILES string of the molecule is CN1CCc2nc([C@@H]3CCCN3S(=O)(=O)c3ccc(Cl)cc3)ncc2C1.